The van der Waals surface area contributed by atoms with Crippen LogP contribution in [0, 0.1) is 0 Å². The summed E-state index contributed by atoms with van der Waals surface area (Å²) in [4.78, 5) is 0. The van der Waals surface area contributed by atoms with Gasteiger partial charge in [-0.25, -0.2) is 0 Å². The summed E-state index contributed by atoms with van der Waals surface area (Å²) < 4.78 is 13.5. The van der Waals surface area contributed by atoms with Crippen molar-refractivity contribution < 1.29 is 8.83 Å². The average molecular weight is 687 g/mol. The number of hydrogen-bond acceptors (Lipinski definition) is 2. The lowest BCUT2D eigenvalue weighted by atomic mass is 9.84. The maximum absolute atomic E-state index is 6.95. The molecule has 0 saturated carbocycles. The standard InChI is InChI=1S/C52H30O2/c1-3-15-35-31(12-1)14-11-22-37(35)48-40-19-7-5-17-38(40)47(39-18-6-8-20-41(39)48)34-26-24-33(25-27-34)44-30-46-49(42-21-9-10-23-45(42)53-46)50-43-29-28-32-13-2-4-16-36(32)51(43)54-52(44)50/h1-30H. The predicted molar refractivity (Wildman–Crippen MR) is 227 cm³/mol. The van der Waals surface area contributed by atoms with E-state index in [1.807, 2.05) is 12.1 Å². The van der Waals surface area contributed by atoms with Gasteiger partial charge in [-0.2, -0.15) is 0 Å². The van der Waals surface area contributed by atoms with Crippen LogP contribution in [0.25, 0.3) is 120 Å². The fraction of sp³-hybridized carbons (Fsp3) is 0. The molecule has 0 aliphatic carbocycles. The molecule has 0 fully saturated rings. The maximum atomic E-state index is 6.95. The van der Waals surface area contributed by atoms with Gasteiger partial charge >= 0.3 is 0 Å². The van der Waals surface area contributed by atoms with Gasteiger partial charge in [-0.3, -0.25) is 0 Å². The minimum atomic E-state index is 0.861. The molecule has 0 radical (unpaired) electrons. The molecule has 12 rings (SSSR count). The van der Waals surface area contributed by atoms with Crippen LogP contribution in [0.3, 0.4) is 0 Å². The van der Waals surface area contributed by atoms with E-state index in [9.17, 15) is 0 Å². The Morgan fingerprint density at radius 1 is 0.278 bits per heavy atom. The fourth-order valence-corrected chi connectivity index (χ4v) is 9.09. The van der Waals surface area contributed by atoms with Gasteiger partial charge in [0.1, 0.15) is 22.3 Å². The van der Waals surface area contributed by atoms with Gasteiger partial charge in [-0.1, -0.05) is 164 Å². The van der Waals surface area contributed by atoms with Crippen LogP contribution in [0.5, 0.6) is 0 Å². The molecule has 0 amide bonds. The Morgan fingerprint density at radius 2 is 0.833 bits per heavy atom. The third-order valence-corrected chi connectivity index (χ3v) is 11.4. The maximum Gasteiger partial charge on any atom is 0.144 e. The molecule has 0 unspecified atom stereocenters. The minimum Gasteiger partial charge on any atom is -0.456 e. The second-order valence-corrected chi connectivity index (χ2v) is 14.3. The summed E-state index contributed by atoms with van der Waals surface area (Å²) in [7, 11) is 0. The highest BCUT2D eigenvalue weighted by atomic mass is 16.3. The van der Waals surface area contributed by atoms with Crippen molar-refractivity contribution in [3.63, 3.8) is 0 Å². The first-order valence-corrected chi connectivity index (χ1v) is 18.5. The first kappa shape index (κ1) is 29.4. The van der Waals surface area contributed by atoms with Gasteiger partial charge in [0.05, 0.1) is 0 Å². The molecule has 54 heavy (non-hydrogen) atoms. The molecule has 0 N–H and O–H groups in total. The Hall–Kier alpha value is -7.16. The molecule has 250 valence electrons. The van der Waals surface area contributed by atoms with E-state index in [2.05, 4.69) is 170 Å². The summed E-state index contributed by atoms with van der Waals surface area (Å²) in [6.45, 7) is 0. The van der Waals surface area contributed by atoms with Crippen molar-refractivity contribution in [2.24, 2.45) is 0 Å². The summed E-state index contributed by atoms with van der Waals surface area (Å²) in [5.74, 6) is 0. The summed E-state index contributed by atoms with van der Waals surface area (Å²) in [5.41, 5.74) is 10.6. The molecule has 2 aromatic heterocycles. The molecule has 12 aromatic rings. The first-order chi connectivity index (χ1) is 26.8. The molecule has 0 spiro atoms. The van der Waals surface area contributed by atoms with Crippen LogP contribution in [0.4, 0.5) is 0 Å². The summed E-state index contributed by atoms with van der Waals surface area (Å²) in [6, 6.07) is 65.5. The number of furan rings is 2. The number of fused-ring (bicyclic) bond motifs is 12. The molecule has 0 bridgehead atoms. The van der Waals surface area contributed by atoms with Crippen molar-refractivity contribution in [2.75, 3.05) is 0 Å². The van der Waals surface area contributed by atoms with E-state index in [4.69, 9.17) is 8.83 Å². The van der Waals surface area contributed by atoms with Crippen LogP contribution in [-0.4, -0.2) is 0 Å². The summed E-state index contributed by atoms with van der Waals surface area (Å²) >= 11 is 0. The Labute approximate surface area is 310 Å². The van der Waals surface area contributed by atoms with E-state index in [0.717, 1.165) is 65.8 Å². The van der Waals surface area contributed by atoms with Crippen LogP contribution in [0.15, 0.2) is 191 Å². The lowest BCUT2D eigenvalue weighted by Crippen LogP contribution is -1.91. The molecule has 0 aliphatic heterocycles. The summed E-state index contributed by atoms with van der Waals surface area (Å²) in [6.07, 6.45) is 0. The van der Waals surface area contributed by atoms with Crippen molar-refractivity contribution in [1.29, 1.82) is 0 Å². The molecular weight excluding hydrogens is 657 g/mol. The molecule has 0 saturated heterocycles. The zero-order chi connectivity index (χ0) is 35.3. The van der Waals surface area contributed by atoms with Crippen LogP contribution < -0.4 is 0 Å². The molecule has 0 aliphatic rings. The lowest BCUT2D eigenvalue weighted by Gasteiger charge is -2.19. The highest BCUT2D eigenvalue weighted by Crippen LogP contribution is 2.48. The highest BCUT2D eigenvalue weighted by molar-refractivity contribution is 6.30. The third kappa shape index (κ3) is 4.11. The monoisotopic (exact) mass is 686 g/mol. The van der Waals surface area contributed by atoms with E-state index in [-0.39, 0.29) is 0 Å². The zero-order valence-corrected chi connectivity index (χ0v) is 29.1. The van der Waals surface area contributed by atoms with Gasteiger partial charge in [0.25, 0.3) is 0 Å². The van der Waals surface area contributed by atoms with Crippen LogP contribution in [0.1, 0.15) is 0 Å². The number of para-hydroxylation sites is 1. The lowest BCUT2D eigenvalue weighted by molar-refractivity contribution is 0.665. The molecule has 10 aromatic carbocycles. The Kier molecular flexibility index (Phi) is 6.09. The smallest absolute Gasteiger partial charge is 0.144 e. The van der Waals surface area contributed by atoms with Gasteiger partial charge < -0.3 is 8.83 Å². The summed E-state index contributed by atoms with van der Waals surface area (Å²) in [5, 5.41) is 14.1. The quantitative estimate of drug-likeness (QED) is 0.173. The number of rotatable bonds is 3. The van der Waals surface area contributed by atoms with E-state index in [1.54, 1.807) is 0 Å². The first-order valence-electron chi connectivity index (χ1n) is 18.5. The number of hydrogen-bond donors (Lipinski definition) is 0. The van der Waals surface area contributed by atoms with Crippen molar-refractivity contribution in [1.82, 2.24) is 0 Å². The predicted octanol–water partition coefficient (Wildman–Crippen LogP) is 15.1. The fourth-order valence-electron chi connectivity index (χ4n) is 9.09. The minimum absolute atomic E-state index is 0.861. The second-order valence-electron chi connectivity index (χ2n) is 14.3. The highest BCUT2D eigenvalue weighted by Gasteiger charge is 2.23. The molecule has 2 heteroatoms. The zero-order valence-electron chi connectivity index (χ0n) is 29.1. The van der Waals surface area contributed by atoms with E-state index < -0.39 is 0 Å². The average Bonchev–Trinajstić information content (AvgIpc) is 3.81. The Bertz CT molecular complexity index is 3430. The van der Waals surface area contributed by atoms with Crippen molar-refractivity contribution in [3.8, 4) is 33.4 Å². The SMILES string of the molecule is c1ccc2c(-c3c4ccccc4c(-c4ccc(-c5cc6oc7ccccc7c6c6c5oc5c7ccccc7ccc56)cc4)c4ccccc34)cccc2c1. The van der Waals surface area contributed by atoms with Crippen LogP contribution in [0.2, 0.25) is 0 Å². The largest absolute Gasteiger partial charge is 0.456 e. The third-order valence-electron chi connectivity index (χ3n) is 11.4. The molecular formula is C52H30O2. The number of benzene rings is 10. The van der Waals surface area contributed by atoms with E-state index in [0.29, 0.717) is 0 Å². The van der Waals surface area contributed by atoms with Gasteiger partial charge in [0, 0.05) is 32.5 Å². The Balaban J connectivity index is 1.10. The molecule has 0 atom stereocenters. The molecule has 2 nitrogen and oxygen atoms in total. The van der Waals surface area contributed by atoms with Crippen molar-refractivity contribution in [2.45, 2.75) is 0 Å². The van der Waals surface area contributed by atoms with Crippen LogP contribution in [-0.2, 0) is 0 Å². The topological polar surface area (TPSA) is 26.3 Å². The van der Waals surface area contributed by atoms with Crippen molar-refractivity contribution in [3.05, 3.63) is 182 Å². The van der Waals surface area contributed by atoms with Gasteiger partial charge in [0.15, 0.2) is 0 Å². The van der Waals surface area contributed by atoms with Gasteiger partial charge in [-0.05, 0) is 83.7 Å². The van der Waals surface area contributed by atoms with E-state index in [1.165, 1.54) is 54.6 Å². The Morgan fingerprint density at radius 3 is 1.56 bits per heavy atom. The van der Waals surface area contributed by atoms with Crippen molar-refractivity contribution >= 4 is 87.0 Å². The second kappa shape index (κ2) is 11.2. The van der Waals surface area contributed by atoms with Crippen LogP contribution >= 0.6 is 0 Å². The normalized spacial score (nSPS) is 12.1. The van der Waals surface area contributed by atoms with E-state index >= 15 is 0 Å². The van der Waals surface area contributed by atoms with Gasteiger partial charge in [0.2, 0.25) is 0 Å². The van der Waals surface area contributed by atoms with Gasteiger partial charge in [-0.15, -0.1) is 0 Å². The molecule has 2 heterocycles.